The lowest BCUT2D eigenvalue weighted by molar-refractivity contribution is 0.453. The monoisotopic (exact) mass is 488 g/mol. The molecule has 0 bridgehead atoms. The van der Waals surface area contributed by atoms with Crippen LogP contribution in [-0.2, 0) is 6.42 Å². The zero-order valence-corrected chi connectivity index (χ0v) is 19.5. The van der Waals surface area contributed by atoms with E-state index >= 15 is 0 Å². The zero-order chi connectivity index (χ0) is 25.7. The summed E-state index contributed by atoms with van der Waals surface area (Å²) in [6.45, 7) is 2.07. The van der Waals surface area contributed by atoms with E-state index in [9.17, 15) is 22.0 Å². The van der Waals surface area contributed by atoms with Crippen LogP contribution < -0.4 is 0 Å². The Morgan fingerprint density at radius 3 is 1.81 bits per heavy atom. The summed E-state index contributed by atoms with van der Waals surface area (Å²) in [6, 6.07) is 14.7. The quantitative estimate of drug-likeness (QED) is 0.118. The summed E-state index contributed by atoms with van der Waals surface area (Å²) in [5, 5.41) is 0.179. The predicted molar refractivity (Wildman–Crippen MR) is 132 cm³/mol. The van der Waals surface area contributed by atoms with Crippen LogP contribution in [0.5, 0.6) is 0 Å². The molecule has 0 amide bonds. The summed E-state index contributed by atoms with van der Waals surface area (Å²) in [5.74, 6) is 5.84. The molecule has 4 aromatic rings. The van der Waals surface area contributed by atoms with Gasteiger partial charge in [0.15, 0.2) is 17.5 Å². The fraction of sp³-hybridized carbons (Fsp3) is 0.161. The van der Waals surface area contributed by atoms with Crippen molar-refractivity contribution in [2.45, 2.75) is 32.6 Å². The first-order valence-electron chi connectivity index (χ1n) is 11.5. The summed E-state index contributed by atoms with van der Waals surface area (Å²) in [6.07, 6.45) is 3.55. The van der Waals surface area contributed by atoms with Gasteiger partial charge < -0.3 is 0 Å². The summed E-state index contributed by atoms with van der Waals surface area (Å²) >= 11 is 0. The minimum Gasteiger partial charge on any atom is -0.206 e. The van der Waals surface area contributed by atoms with Crippen LogP contribution in [0.4, 0.5) is 22.0 Å². The van der Waals surface area contributed by atoms with Crippen molar-refractivity contribution < 1.29 is 22.0 Å². The largest absolute Gasteiger partial charge is 0.206 e. The molecule has 0 aliphatic carbocycles. The number of fused-ring (bicyclic) bond motifs is 1. The maximum atomic E-state index is 14.4. The van der Waals surface area contributed by atoms with E-state index in [2.05, 4.69) is 30.6 Å². The molecule has 0 N–H and O–H groups in total. The normalized spacial score (nSPS) is 10.5. The second kappa shape index (κ2) is 11.1. The smallest absolute Gasteiger partial charge is 0.195 e. The highest BCUT2D eigenvalue weighted by Gasteiger charge is 2.13. The van der Waals surface area contributed by atoms with E-state index in [-0.39, 0.29) is 16.3 Å². The first-order valence-corrected chi connectivity index (χ1v) is 11.5. The highest BCUT2D eigenvalue weighted by Crippen LogP contribution is 2.24. The molecular weight excluding hydrogens is 467 g/mol. The van der Waals surface area contributed by atoms with Crippen molar-refractivity contribution in [3.8, 4) is 23.7 Å². The van der Waals surface area contributed by atoms with E-state index in [1.165, 1.54) is 30.3 Å². The van der Waals surface area contributed by atoms with Gasteiger partial charge >= 0.3 is 0 Å². The summed E-state index contributed by atoms with van der Waals surface area (Å²) < 4.78 is 69.6. The standard InChI is InChI=1S/C31H21F5/c1-2-3-4-5-23-17-27(32)26(28(33)18-23)15-12-21-8-6-20(7-9-21)10-11-22-13-14-25-24(16-22)19-29(34)31(36)30(25)35/h6-9,13-14,16-19H,2-5H2,1H3. The maximum Gasteiger partial charge on any atom is 0.195 e. The molecule has 0 aliphatic heterocycles. The van der Waals surface area contributed by atoms with Gasteiger partial charge in [0.05, 0.1) is 5.56 Å². The highest BCUT2D eigenvalue weighted by molar-refractivity contribution is 5.84. The van der Waals surface area contributed by atoms with Crippen molar-refractivity contribution in [2.75, 3.05) is 0 Å². The van der Waals surface area contributed by atoms with Crippen molar-refractivity contribution in [3.63, 3.8) is 0 Å². The van der Waals surface area contributed by atoms with Crippen LogP contribution in [0.25, 0.3) is 10.8 Å². The first-order chi connectivity index (χ1) is 17.4. The zero-order valence-electron chi connectivity index (χ0n) is 19.5. The average Bonchev–Trinajstić information content (AvgIpc) is 2.86. The van der Waals surface area contributed by atoms with Gasteiger partial charge in [-0.15, -0.1) is 0 Å². The van der Waals surface area contributed by atoms with Gasteiger partial charge in [-0.2, -0.15) is 0 Å². The molecule has 0 radical (unpaired) electrons. The van der Waals surface area contributed by atoms with E-state index in [1.807, 2.05) is 0 Å². The third-order valence-corrected chi connectivity index (χ3v) is 5.71. The molecule has 0 aliphatic rings. The van der Waals surface area contributed by atoms with Crippen molar-refractivity contribution in [1.29, 1.82) is 0 Å². The van der Waals surface area contributed by atoms with Gasteiger partial charge in [-0.25, -0.2) is 22.0 Å². The highest BCUT2D eigenvalue weighted by atomic mass is 19.2. The first kappa shape index (κ1) is 25.0. The van der Waals surface area contributed by atoms with Gasteiger partial charge in [-0.3, -0.25) is 0 Å². The van der Waals surface area contributed by atoms with E-state index in [1.54, 1.807) is 24.3 Å². The molecule has 0 saturated heterocycles. The van der Waals surface area contributed by atoms with Crippen LogP contribution in [0, 0.1) is 52.8 Å². The van der Waals surface area contributed by atoms with Gasteiger partial charge in [0.25, 0.3) is 0 Å². The van der Waals surface area contributed by atoms with Crippen LogP contribution in [0.1, 0.15) is 54.0 Å². The fourth-order valence-corrected chi connectivity index (χ4v) is 3.77. The molecule has 4 rings (SSSR count). The van der Waals surface area contributed by atoms with Crippen LogP contribution in [0.3, 0.4) is 0 Å². The second-order valence-corrected chi connectivity index (χ2v) is 8.39. The lowest BCUT2D eigenvalue weighted by Crippen LogP contribution is -1.95. The fourth-order valence-electron chi connectivity index (χ4n) is 3.77. The summed E-state index contributed by atoms with van der Waals surface area (Å²) in [5.41, 5.74) is 2.07. The predicted octanol–water partition coefficient (Wildman–Crippen LogP) is 8.07. The van der Waals surface area contributed by atoms with Gasteiger partial charge in [-0.05, 0) is 78.4 Å². The van der Waals surface area contributed by atoms with E-state index in [4.69, 9.17) is 0 Å². The molecule has 0 unspecified atom stereocenters. The van der Waals surface area contributed by atoms with Gasteiger partial charge in [-0.1, -0.05) is 49.5 Å². The van der Waals surface area contributed by atoms with Crippen LogP contribution in [0.15, 0.2) is 60.7 Å². The number of hydrogen-bond acceptors (Lipinski definition) is 0. The van der Waals surface area contributed by atoms with Crippen LogP contribution in [0.2, 0.25) is 0 Å². The van der Waals surface area contributed by atoms with Crippen LogP contribution in [-0.4, -0.2) is 0 Å². The van der Waals surface area contributed by atoms with Crippen molar-refractivity contribution in [2.24, 2.45) is 0 Å². The van der Waals surface area contributed by atoms with Gasteiger partial charge in [0.2, 0.25) is 0 Å². The van der Waals surface area contributed by atoms with Crippen molar-refractivity contribution in [1.82, 2.24) is 0 Å². The Hall–Kier alpha value is -4.09. The molecule has 180 valence electrons. The number of unbranched alkanes of at least 4 members (excludes halogenated alkanes) is 2. The lowest BCUT2D eigenvalue weighted by atomic mass is 10.0. The molecule has 0 saturated carbocycles. The third-order valence-electron chi connectivity index (χ3n) is 5.71. The average molecular weight is 488 g/mol. The topological polar surface area (TPSA) is 0 Å². The Labute approximate surface area is 206 Å². The molecule has 5 heteroatoms. The van der Waals surface area contributed by atoms with E-state index in [0.717, 1.165) is 25.3 Å². The number of rotatable bonds is 4. The maximum absolute atomic E-state index is 14.4. The summed E-state index contributed by atoms with van der Waals surface area (Å²) in [7, 11) is 0. The third kappa shape index (κ3) is 5.75. The second-order valence-electron chi connectivity index (χ2n) is 8.39. The molecule has 0 fully saturated rings. The van der Waals surface area contributed by atoms with Crippen molar-refractivity contribution in [3.05, 3.63) is 118 Å². The number of benzene rings is 4. The van der Waals surface area contributed by atoms with E-state index < -0.39 is 29.1 Å². The number of halogens is 5. The molecule has 36 heavy (non-hydrogen) atoms. The van der Waals surface area contributed by atoms with Crippen molar-refractivity contribution >= 4 is 10.8 Å². The molecule has 4 aromatic carbocycles. The Kier molecular flexibility index (Phi) is 7.71. The minimum absolute atomic E-state index is 0.0265. The van der Waals surface area contributed by atoms with Crippen LogP contribution >= 0.6 is 0 Å². The Bertz CT molecular complexity index is 1520. The Morgan fingerprint density at radius 2 is 1.17 bits per heavy atom. The molecular formula is C31H21F5. The molecule has 0 spiro atoms. The molecule has 0 heterocycles. The molecule has 0 nitrogen and oxygen atoms in total. The van der Waals surface area contributed by atoms with Gasteiger partial charge in [0, 0.05) is 22.1 Å². The molecule has 0 aromatic heterocycles. The van der Waals surface area contributed by atoms with E-state index in [0.29, 0.717) is 28.7 Å². The molecule has 0 atom stereocenters. The van der Waals surface area contributed by atoms with Gasteiger partial charge in [0.1, 0.15) is 11.6 Å². The Balaban J connectivity index is 1.50. The number of hydrogen-bond donors (Lipinski definition) is 0. The SMILES string of the molecule is CCCCCc1cc(F)c(C#Cc2ccc(C#Cc3ccc4c(F)c(F)c(F)cc4c3)cc2)c(F)c1. The minimum atomic E-state index is -1.51. The number of aryl methyl sites for hydroxylation is 1. The summed E-state index contributed by atoms with van der Waals surface area (Å²) in [4.78, 5) is 0. The Morgan fingerprint density at radius 1 is 0.583 bits per heavy atom. The lowest BCUT2D eigenvalue weighted by Gasteiger charge is -2.04.